The Balaban J connectivity index is 2.05. The predicted octanol–water partition coefficient (Wildman–Crippen LogP) is 3.53. The molecule has 0 spiro atoms. The van der Waals surface area contributed by atoms with E-state index >= 15 is 0 Å². The molecular weight excluding hydrogens is 289 g/mol. The molecule has 21 heavy (non-hydrogen) atoms. The first-order valence-corrected chi connectivity index (χ1v) is 7.00. The fraction of sp³-hybridized carbons (Fsp3) is 0.188. The van der Waals surface area contributed by atoms with Gasteiger partial charge in [0.25, 0.3) is 0 Å². The summed E-state index contributed by atoms with van der Waals surface area (Å²) in [5.41, 5.74) is 7.49. The number of hydrogen-bond donors (Lipinski definition) is 1. The SMILES string of the molecule is CC1(c2ccc(F)cc2)CN=C(N)N1c1ccc(Cl)cc1. The molecule has 0 bridgehead atoms. The van der Waals surface area contributed by atoms with E-state index in [-0.39, 0.29) is 5.82 Å². The van der Waals surface area contributed by atoms with Crippen molar-refractivity contribution in [3.63, 3.8) is 0 Å². The summed E-state index contributed by atoms with van der Waals surface area (Å²) >= 11 is 5.94. The molecule has 5 heteroatoms. The van der Waals surface area contributed by atoms with E-state index in [1.807, 2.05) is 36.1 Å². The molecule has 2 N–H and O–H groups in total. The minimum atomic E-state index is -0.439. The number of anilines is 1. The van der Waals surface area contributed by atoms with E-state index in [2.05, 4.69) is 4.99 Å². The number of benzene rings is 2. The van der Waals surface area contributed by atoms with Crippen molar-refractivity contribution in [1.82, 2.24) is 0 Å². The van der Waals surface area contributed by atoms with Crippen LogP contribution in [0.1, 0.15) is 12.5 Å². The summed E-state index contributed by atoms with van der Waals surface area (Å²) in [5, 5.41) is 0.664. The third-order valence-electron chi connectivity index (χ3n) is 3.82. The van der Waals surface area contributed by atoms with Gasteiger partial charge in [-0.2, -0.15) is 0 Å². The molecule has 3 nitrogen and oxygen atoms in total. The molecule has 0 radical (unpaired) electrons. The van der Waals surface area contributed by atoms with Gasteiger partial charge in [0.05, 0.1) is 12.1 Å². The van der Waals surface area contributed by atoms with Crippen LogP contribution in [-0.4, -0.2) is 12.5 Å². The zero-order valence-corrected chi connectivity index (χ0v) is 12.3. The molecule has 1 atom stereocenters. The highest BCUT2D eigenvalue weighted by Crippen LogP contribution is 2.37. The van der Waals surface area contributed by atoms with Crippen molar-refractivity contribution in [3.8, 4) is 0 Å². The summed E-state index contributed by atoms with van der Waals surface area (Å²) in [7, 11) is 0. The largest absolute Gasteiger partial charge is 0.369 e. The van der Waals surface area contributed by atoms with Gasteiger partial charge in [0.2, 0.25) is 0 Å². The Bertz CT molecular complexity index is 682. The van der Waals surface area contributed by atoms with E-state index in [0.29, 0.717) is 17.5 Å². The Morgan fingerprint density at radius 2 is 1.76 bits per heavy atom. The second-order valence-corrected chi connectivity index (χ2v) is 5.70. The lowest BCUT2D eigenvalue weighted by Crippen LogP contribution is -2.47. The van der Waals surface area contributed by atoms with Gasteiger partial charge in [-0.25, -0.2) is 4.39 Å². The second kappa shape index (κ2) is 5.04. The number of hydrogen-bond acceptors (Lipinski definition) is 3. The Morgan fingerprint density at radius 3 is 2.38 bits per heavy atom. The number of aliphatic imine (C=N–C) groups is 1. The van der Waals surface area contributed by atoms with Crippen LogP contribution in [-0.2, 0) is 5.54 Å². The van der Waals surface area contributed by atoms with Gasteiger partial charge >= 0.3 is 0 Å². The molecule has 1 aliphatic rings. The van der Waals surface area contributed by atoms with Crippen molar-refractivity contribution in [3.05, 3.63) is 64.9 Å². The van der Waals surface area contributed by atoms with Gasteiger partial charge in [0.15, 0.2) is 5.96 Å². The van der Waals surface area contributed by atoms with Gasteiger partial charge in [-0.1, -0.05) is 23.7 Å². The lowest BCUT2D eigenvalue weighted by Gasteiger charge is -2.36. The van der Waals surface area contributed by atoms with Crippen molar-refractivity contribution in [1.29, 1.82) is 0 Å². The Labute approximate surface area is 127 Å². The molecule has 0 saturated carbocycles. The Hall–Kier alpha value is -2.07. The number of halogens is 2. The predicted molar refractivity (Wildman–Crippen MR) is 84.2 cm³/mol. The third-order valence-corrected chi connectivity index (χ3v) is 4.07. The molecular formula is C16H15ClFN3. The minimum absolute atomic E-state index is 0.257. The van der Waals surface area contributed by atoms with E-state index in [1.54, 1.807) is 12.1 Å². The fourth-order valence-corrected chi connectivity index (χ4v) is 2.79. The fourth-order valence-electron chi connectivity index (χ4n) is 2.67. The van der Waals surface area contributed by atoms with E-state index in [4.69, 9.17) is 17.3 Å². The molecule has 0 aromatic heterocycles. The monoisotopic (exact) mass is 303 g/mol. The van der Waals surface area contributed by atoms with Crippen molar-refractivity contribution < 1.29 is 4.39 Å². The summed E-state index contributed by atoms with van der Waals surface area (Å²) in [6.07, 6.45) is 0. The Kier molecular flexibility index (Phi) is 3.33. The van der Waals surface area contributed by atoms with Crippen molar-refractivity contribution in [2.75, 3.05) is 11.4 Å². The van der Waals surface area contributed by atoms with Crippen LogP contribution in [0.15, 0.2) is 53.5 Å². The topological polar surface area (TPSA) is 41.6 Å². The molecule has 108 valence electrons. The van der Waals surface area contributed by atoms with E-state index in [1.165, 1.54) is 12.1 Å². The second-order valence-electron chi connectivity index (χ2n) is 5.27. The molecule has 2 aromatic rings. The molecule has 1 unspecified atom stereocenters. The highest BCUT2D eigenvalue weighted by atomic mass is 35.5. The standard InChI is InChI=1S/C16H15ClFN3/c1-16(11-2-6-13(18)7-3-11)10-20-15(19)21(16)14-8-4-12(17)5-9-14/h2-9H,10H2,1H3,(H2,19,20). The van der Waals surface area contributed by atoms with Crippen molar-refractivity contribution in [2.24, 2.45) is 10.7 Å². The molecule has 3 rings (SSSR count). The molecule has 1 aliphatic heterocycles. The lowest BCUT2D eigenvalue weighted by atomic mass is 9.90. The van der Waals surface area contributed by atoms with Crippen molar-refractivity contribution >= 4 is 23.2 Å². The van der Waals surface area contributed by atoms with Crippen LogP contribution in [0, 0.1) is 5.82 Å². The maximum absolute atomic E-state index is 13.2. The molecule has 0 amide bonds. The van der Waals surface area contributed by atoms with Gasteiger partial charge in [-0.05, 0) is 48.9 Å². The number of rotatable bonds is 2. The van der Waals surface area contributed by atoms with Gasteiger partial charge in [-0.3, -0.25) is 4.99 Å². The molecule has 0 fully saturated rings. The average molecular weight is 304 g/mol. The van der Waals surface area contributed by atoms with Gasteiger partial charge in [-0.15, -0.1) is 0 Å². The highest BCUT2D eigenvalue weighted by molar-refractivity contribution is 6.30. The summed E-state index contributed by atoms with van der Waals surface area (Å²) in [6, 6.07) is 13.9. The number of nitrogens with two attached hydrogens (primary N) is 1. The molecule has 0 aliphatic carbocycles. The third kappa shape index (κ3) is 2.36. The normalized spacial score (nSPS) is 21.5. The van der Waals surface area contributed by atoms with Gasteiger partial charge in [0, 0.05) is 10.7 Å². The maximum atomic E-state index is 13.2. The Morgan fingerprint density at radius 1 is 1.14 bits per heavy atom. The summed E-state index contributed by atoms with van der Waals surface area (Å²) in [6.45, 7) is 2.56. The van der Waals surface area contributed by atoms with E-state index in [9.17, 15) is 4.39 Å². The first-order valence-electron chi connectivity index (χ1n) is 6.62. The molecule has 1 heterocycles. The quantitative estimate of drug-likeness (QED) is 0.922. The van der Waals surface area contributed by atoms with Crippen molar-refractivity contribution in [2.45, 2.75) is 12.5 Å². The molecule has 2 aromatic carbocycles. The number of nitrogens with zero attached hydrogens (tertiary/aromatic N) is 2. The molecule has 0 saturated heterocycles. The summed E-state index contributed by atoms with van der Waals surface area (Å²) < 4.78 is 13.2. The summed E-state index contributed by atoms with van der Waals surface area (Å²) in [5.74, 6) is 0.191. The smallest absolute Gasteiger partial charge is 0.196 e. The summed E-state index contributed by atoms with van der Waals surface area (Å²) in [4.78, 5) is 6.32. The van der Waals surface area contributed by atoms with E-state index < -0.39 is 5.54 Å². The highest BCUT2D eigenvalue weighted by Gasteiger charge is 2.40. The van der Waals surface area contributed by atoms with Gasteiger partial charge < -0.3 is 10.6 Å². The van der Waals surface area contributed by atoms with E-state index in [0.717, 1.165) is 11.3 Å². The van der Waals surface area contributed by atoms with Crippen LogP contribution in [0.4, 0.5) is 10.1 Å². The van der Waals surface area contributed by atoms with Crippen LogP contribution in [0.3, 0.4) is 0 Å². The minimum Gasteiger partial charge on any atom is -0.369 e. The average Bonchev–Trinajstić information content (AvgIpc) is 2.78. The zero-order chi connectivity index (χ0) is 15.0. The number of guanidine groups is 1. The van der Waals surface area contributed by atoms with Crippen LogP contribution in [0.5, 0.6) is 0 Å². The zero-order valence-electron chi connectivity index (χ0n) is 11.6. The van der Waals surface area contributed by atoms with Crippen LogP contribution >= 0.6 is 11.6 Å². The van der Waals surface area contributed by atoms with Crippen LogP contribution in [0.2, 0.25) is 5.02 Å². The first kappa shape index (κ1) is 13.9. The van der Waals surface area contributed by atoms with Crippen LogP contribution in [0.25, 0.3) is 0 Å². The maximum Gasteiger partial charge on any atom is 0.196 e. The lowest BCUT2D eigenvalue weighted by molar-refractivity contribution is 0.530. The van der Waals surface area contributed by atoms with Crippen LogP contribution < -0.4 is 10.6 Å². The van der Waals surface area contributed by atoms with Gasteiger partial charge in [0.1, 0.15) is 5.82 Å². The first-order chi connectivity index (χ1) is 10.0.